The van der Waals surface area contributed by atoms with Gasteiger partial charge in [-0.25, -0.2) is 0 Å². The van der Waals surface area contributed by atoms with Gasteiger partial charge < -0.3 is 23.4 Å². The highest BCUT2D eigenvalue weighted by atomic mass is 31.2. The van der Waals surface area contributed by atoms with E-state index in [1.54, 1.807) is 6.66 Å². The van der Waals surface area contributed by atoms with Gasteiger partial charge in [0.25, 0.3) is 0 Å². The molecule has 0 amide bonds. The van der Waals surface area contributed by atoms with Crippen LogP contribution in [-0.2, 0) is 23.1 Å². The third kappa shape index (κ3) is 41.0. The molecule has 0 saturated carbocycles. The molecule has 53 heavy (non-hydrogen) atoms. The normalized spacial score (nSPS) is 13.9. The van der Waals surface area contributed by atoms with E-state index in [-0.39, 0.29) is 12.7 Å². The summed E-state index contributed by atoms with van der Waals surface area (Å²) in [6.45, 7) is 15.6. The van der Waals surface area contributed by atoms with Crippen LogP contribution in [-0.4, -0.2) is 70.3 Å². The molecule has 0 saturated heterocycles. The highest BCUT2D eigenvalue weighted by Gasteiger charge is 2.21. The third-order valence-corrected chi connectivity index (χ3v) is 11.5. The standard InChI is InChI=1S/C46H92NO5P/c1-6-10-12-14-16-18-20-22-24-26-28-30-32-34-36-38-41-49-44-46(45-52-53(5,48)51-43-40-47(8-3)9-4)50-42-39-37-35-33-31-29-27-25-23-21-19-17-15-13-11-7-2/h22-25,46H,6-21,26-45H2,1-5H3/b24-22-,25-23-. The largest absolute Gasteiger partial charge is 0.379 e. The Kier molecular flexibility index (Phi) is 42.3. The summed E-state index contributed by atoms with van der Waals surface area (Å²) in [5.74, 6) is 0. The molecule has 0 radical (unpaired) electrons. The minimum Gasteiger partial charge on any atom is -0.379 e. The minimum atomic E-state index is -3.15. The Morgan fingerprint density at radius 2 is 0.868 bits per heavy atom. The lowest BCUT2D eigenvalue weighted by Gasteiger charge is -2.22. The molecule has 0 heterocycles. The molecule has 2 atom stereocenters. The van der Waals surface area contributed by atoms with E-state index in [1.807, 2.05) is 0 Å². The van der Waals surface area contributed by atoms with E-state index in [9.17, 15) is 4.57 Å². The smallest absolute Gasteiger partial charge is 0.327 e. The molecule has 2 unspecified atom stereocenters. The molecule has 6 nitrogen and oxygen atoms in total. The molecule has 316 valence electrons. The quantitative estimate of drug-likeness (QED) is 0.0349. The zero-order valence-corrected chi connectivity index (χ0v) is 37.2. The van der Waals surface area contributed by atoms with E-state index in [0.717, 1.165) is 39.1 Å². The highest BCUT2D eigenvalue weighted by molar-refractivity contribution is 7.52. The van der Waals surface area contributed by atoms with E-state index in [1.165, 1.54) is 167 Å². The van der Waals surface area contributed by atoms with Gasteiger partial charge in [-0.05, 0) is 77.3 Å². The Bertz CT molecular complexity index is 818. The number of hydrogen-bond acceptors (Lipinski definition) is 6. The fourth-order valence-electron chi connectivity index (χ4n) is 6.54. The van der Waals surface area contributed by atoms with Crippen LogP contribution in [0.5, 0.6) is 0 Å². The van der Waals surface area contributed by atoms with Crippen LogP contribution < -0.4 is 0 Å². The van der Waals surface area contributed by atoms with E-state index in [4.69, 9.17) is 18.5 Å². The van der Waals surface area contributed by atoms with Gasteiger partial charge in [0.1, 0.15) is 6.10 Å². The van der Waals surface area contributed by atoms with E-state index in [0.29, 0.717) is 19.8 Å². The lowest BCUT2D eigenvalue weighted by molar-refractivity contribution is -0.0410. The molecule has 0 rings (SSSR count). The van der Waals surface area contributed by atoms with Crippen LogP contribution in [0.15, 0.2) is 24.3 Å². The first-order valence-corrected chi connectivity index (χ1v) is 25.1. The molecule has 0 aromatic heterocycles. The molecule has 0 aliphatic rings. The van der Waals surface area contributed by atoms with Crippen molar-refractivity contribution in [1.82, 2.24) is 4.90 Å². The van der Waals surface area contributed by atoms with Gasteiger partial charge in [-0.15, -0.1) is 0 Å². The summed E-state index contributed by atoms with van der Waals surface area (Å²) in [6.07, 6.45) is 45.7. The van der Waals surface area contributed by atoms with Crippen molar-refractivity contribution >= 4 is 7.60 Å². The molecule has 0 aliphatic heterocycles. The Hall–Kier alpha value is -0.490. The fourth-order valence-corrected chi connectivity index (χ4v) is 7.47. The average molecular weight is 770 g/mol. The maximum Gasteiger partial charge on any atom is 0.327 e. The van der Waals surface area contributed by atoms with Crippen LogP contribution >= 0.6 is 7.60 Å². The first kappa shape index (κ1) is 52.5. The van der Waals surface area contributed by atoms with Crippen molar-refractivity contribution in [2.24, 2.45) is 0 Å². The number of allylic oxidation sites excluding steroid dienone is 4. The molecule has 0 bridgehead atoms. The number of rotatable bonds is 44. The van der Waals surface area contributed by atoms with Crippen LogP contribution in [0, 0.1) is 0 Å². The Labute approximate surface area is 331 Å². The average Bonchev–Trinajstić information content (AvgIpc) is 3.15. The van der Waals surface area contributed by atoms with Crippen molar-refractivity contribution in [1.29, 1.82) is 0 Å². The van der Waals surface area contributed by atoms with E-state index in [2.05, 4.69) is 56.9 Å². The van der Waals surface area contributed by atoms with Crippen LogP contribution in [0.3, 0.4) is 0 Å². The summed E-state index contributed by atoms with van der Waals surface area (Å²) in [5.41, 5.74) is 0. The maximum atomic E-state index is 13.0. The SMILES string of the molecule is CCCCCCCC/C=C\CCCCCCCCOCC(COP(C)(=O)OCCN(CC)CC)OCCCCCCCC/C=C\CCCCCCCC. The Morgan fingerprint density at radius 3 is 1.30 bits per heavy atom. The summed E-state index contributed by atoms with van der Waals surface area (Å²) in [6, 6.07) is 0. The van der Waals surface area contributed by atoms with E-state index >= 15 is 0 Å². The molecular weight excluding hydrogens is 677 g/mol. The van der Waals surface area contributed by atoms with Gasteiger partial charge >= 0.3 is 7.60 Å². The number of hydrogen-bond donors (Lipinski definition) is 0. The predicted octanol–water partition coefficient (Wildman–Crippen LogP) is 14.7. The zero-order chi connectivity index (χ0) is 38.8. The Morgan fingerprint density at radius 1 is 0.472 bits per heavy atom. The lowest BCUT2D eigenvalue weighted by Crippen LogP contribution is -2.28. The van der Waals surface area contributed by atoms with Gasteiger partial charge in [-0.3, -0.25) is 4.57 Å². The van der Waals surface area contributed by atoms with Gasteiger partial charge in [0.05, 0.1) is 19.8 Å². The second kappa shape index (κ2) is 42.6. The number of unbranched alkanes of at least 4 members (excludes halogenated alkanes) is 24. The summed E-state index contributed by atoms with van der Waals surface area (Å²) in [4.78, 5) is 2.25. The third-order valence-electron chi connectivity index (χ3n) is 10.2. The first-order valence-electron chi connectivity index (χ1n) is 23.1. The fraction of sp³-hybridized carbons (Fsp3) is 0.913. The molecule has 0 aromatic rings. The molecule has 0 aromatic carbocycles. The summed E-state index contributed by atoms with van der Waals surface area (Å²) in [5, 5.41) is 0. The second-order valence-corrected chi connectivity index (χ2v) is 17.4. The van der Waals surface area contributed by atoms with Crippen LogP contribution in [0.4, 0.5) is 0 Å². The minimum absolute atomic E-state index is 0.230. The number of nitrogens with zero attached hydrogens (tertiary/aromatic N) is 1. The Balaban J connectivity index is 4.16. The molecule has 0 spiro atoms. The van der Waals surface area contributed by atoms with Gasteiger partial charge in [0.15, 0.2) is 0 Å². The predicted molar refractivity (Wildman–Crippen MR) is 233 cm³/mol. The van der Waals surface area contributed by atoms with Crippen molar-refractivity contribution < 1.29 is 23.1 Å². The summed E-state index contributed by atoms with van der Waals surface area (Å²) < 4.78 is 36.7. The van der Waals surface area contributed by atoms with E-state index < -0.39 is 7.60 Å². The number of ether oxygens (including phenoxy) is 2. The monoisotopic (exact) mass is 770 g/mol. The summed E-state index contributed by atoms with van der Waals surface area (Å²) in [7, 11) is -3.15. The topological polar surface area (TPSA) is 57.2 Å². The van der Waals surface area contributed by atoms with Crippen molar-refractivity contribution in [3.8, 4) is 0 Å². The lowest BCUT2D eigenvalue weighted by atomic mass is 10.1. The molecule has 0 fully saturated rings. The van der Waals surface area contributed by atoms with Crippen LogP contribution in [0.2, 0.25) is 0 Å². The van der Waals surface area contributed by atoms with Gasteiger partial charge in [-0.2, -0.15) is 0 Å². The highest BCUT2D eigenvalue weighted by Crippen LogP contribution is 2.43. The number of likely N-dealkylation sites (N-methyl/N-ethyl adjacent to an activating group) is 1. The van der Waals surface area contributed by atoms with Crippen molar-refractivity contribution in [3.05, 3.63) is 24.3 Å². The van der Waals surface area contributed by atoms with Crippen LogP contribution in [0.25, 0.3) is 0 Å². The van der Waals surface area contributed by atoms with Crippen molar-refractivity contribution in [2.45, 2.75) is 214 Å². The van der Waals surface area contributed by atoms with Crippen LogP contribution in [0.1, 0.15) is 207 Å². The molecule has 0 N–H and O–H groups in total. The second-order valence-electron chi connectivity index (χ2n) is 15.4. The first-order chi connectivity index (χ1) is 26.0. The van der Waals surface area contributed by atoms with Gasteiger partial charge in [-0.1, -0.05) is 168 Å². The zero-order valence-electron chi connectivity index (χ0n) is 36.3. The van der Waals surface area contributed by atoms with Gasteiger partial charge in [0, 0.05) is 26.4 Å². The molecule has 7 heteroatoms. The van der Waals surface area contributed by atoms with Crippen molar-refractivity contribution in [2.75, 3.05) is 59.3 Å². The van der Waals surface area contributed by atoms with Gasteiger partial charge in [0.2, 0.25) is 0 Å². The molecule has 0 aliphatic carbocycles. The summed E-state index contributed by atoms with van der Waals surface area (Å²) >= 11 is 0. The molecular formula is C46H92NO5P. The van der Waals surface area contributed by atoms with Crippen molar-refractivity contribution in [3.63, 3.8) is 0 Å². The maximum absolute atomic E-state index is 13.0.